The van der Waals surface area contributed by atoms with Crippen LogP contribution in [0.15, 0.2) is 0 Å². The number of fused-ring (bicyclic) bond motifs is 1. The van der Waals surface area contributed by atoms with Crippen LogP contribution in [0.1, 0.15) is 12.8 Å². The van der Waals surface area contributed by atoms with Crippen LogP contribution in [0.2, 0.25) is 0 Å². The van der Waals surface area contributed by atoms with Crippen LogP contribution in [0.5, 0.6) is 0 Å². The first kappa shape index (κ1) is 4.74. The van der Waals surface area contributed by atoms with Gasteiger partial charge in [-0.05, 0) is 19.4 Å². The predicted molar refractivity (Wildman–Crippen MR) is 29.4 cm³/mol. The van der Waals surface area contributed by atoms with Crippen molar-refractivity contribution < 1.29 is 4.39 Å². The summed E-state index contributed by atoms with van der Waals surface area (Å²) in [5.74, 6) is 0.384. The lowest BCUT2D eigenvalue weighted by molar-refractivity contribution is 0.0953. The molecule has 2 aliphatic rings. The molecule has 0 radical (unpaired) electrons. The number of hydrogen-bond donors (Lipinski definition) is 1. The number of hydrogen-bond acceptors (Lipinski definition) is 1. The molecule has 0 aromatic rings. The topological polar surface area (TPSA) is 12.0 Å². The Balaban J connectivity index is 2.02. The second-order valence-corrected chi connectivity index (χ2v) is 2.76. The molecule has 0 spiro atoms. The average Bonchev–Trinajstić information content (AvgIpc) is 2.09. The number of alkyl halides is 1. The van der Waals surface area contributed by atoms with Crippen LogP contribution in [0.4, 0.5) is 4.39 Å². The standard InChI is InChI=1S/C6H10FN/c7-5-3-6-4(5)1-2-8-6/h4-6,8H,1-3H2/t4-,5-,6+/m1/s1. The van der Waals surface area contributed by atoms with Crippen molar-refractivity contribution in [2.45, 2.75) is 25.1 Å². The van der Waals surface area contributed by atoms with Gasteiger partial charge in [0, 0.05) is 12.0 Å². The first-order valence-corrected chi connectivity index (χ1v) is 3.25. The van der Waals surface area contributed by atoms with Crippen molar-refractivity contribution in [1.29, 1.82) is 0 Å². The Labute approximate surface area is 48.3 Å². The van der Waals surface area contributed by atoms with E-state index in [2.05, 4.69) is 5.32 Å². The van der Waals surface area contributed by atoms with Gasteiger partial charge in [-0.1, -0.05) is 0 Å². The zero-order valence-corrected chi connectivity index (χ0v) is 4.73. The Morgan fingerprint density at radius 2 is 2.38 bits per heavy atom. The zero-order valence-electron chi connectivity index (χ0n) is 4.73. The molecular formula is C6H10FN. The minimum atomic E-state index is -0.477. The maximum Gasteiger partial charge on any atom is 0.106 e. The van der Waals surface area contributed by atoms with Crippen molar-refractivity contribution in [1.82, 2.24) is 5.32 Å². The van der Waals surface area contributed by atoms with E-state index in [1.54, 1.807) is 0 Å². The maximum atomic E-state index is 12.4. The average molecular weight is 115 g/mol. The van der Waals surface area contributed by atoms with Gasteiger partial charge in [-0.3, -0.25) is 0 Å². The van der Waals surface area contributed by atoms with E-state index in [0.29, 0.717) is 12.0 Å². The third-order valence-corrected chi connectivity index (χ3v) is 2.34. The van der Waals surface area contributed by atoms with Crippen LogP contribution in [0.3, 0.4) is 0 Å². The van der Waals surface area contributed by atoms with Gasteiger partial charge in [-0.2, -0.15) is 0 Å². The Bertz CT molecular complexity index is 105. The predicted octanol–water partition coefficient (Wildman–Crippen LogP) is 0.706. The largest absolute Gasteiger partial charge is 0.313 e. The third-order valence-electron chi connectivity index (χ3n) is 2.34. The Kier molecular flexibility index (Phi) is 0.852. The molecule has 1 aliphatic carbocycles. The van der Waals surface area contributed by atoms with Crippen molar-refractivity contribution in [3.63, 3.8) is 0 Å². The number of halogens is 1. The van der Waals surface area contributed by atoms with Gasteiger partial charge >= 0.3 is 0 Å². The van der Waals surface area contributed by atoms with Gasteiger partial charge in [0.15, 0.2) is 0 Å². The van der Waals surface area contributed by atoms with Crippen LogP contribution in [-0.4, -0.2) is 18.8 Å². The van der Waals surface area contributed by atoms with Crippen molar-refractivity contribution >= 4 is 0 Å². The zero-order chi connectivity index (χ0) is 5.56. The molecule has 1 N–H and O–H groups in total. The summed E-state index contributed by atoms with van der Waals surface area (Å²) in [5.41, 5.74) is 0. The summed E-state index contributed by atoms with van der Waals surface area (Å²) >= 11 is 0. The molecule has 1 nitrogen and oxygen atoms in total. The van der Waals surface area contributed by atoms with Gasteiger partial charge in [-0.25, -0.2) is 4.39 Å². The maximum absolute atomic E-state index is 12.4. The lowest BCUT2D eigenvalue weighted by Gasteiger charge is -2.33. The molecule has 1 heterocycles. The summed E-state index contributed by atoms with van der Waals surface area (Å²) in [4.78, 5) is 0. The van der Waals surface area contributed by atoms with Crippen LogP contribution in [0, 0.1) is 5.92 Å². The van der Waals surface area contributed by atoms with E-state index in [-0.39, 0.29) is 0 Å². The second kappa shape index (κ2) is 1.44. The summed E-state index contributed by atoms with van der Waals surface area (Å²) in [7, 11) is 0. The van der Waals surface area contributed by atoms with Gasteiger partial charge < -0.3 is 5.32 Å². The smallest absolute Gasteiger partial charge is 0.106 e. The fourth-order valence-corrected chi connectivity index (χ4v) is 1.70. The SMILES string of the molecule is F[C@@H]1C[C@@H]2NCC[C@H]12. The first-order chi connectivity index (χ1) is 3.88. The molecular weight excluding hydrogens is 105 g/mol. The molecule has 1 aliphatic heterocycles. The molecule has 46 valence electrons. The fraction of sp³-hybridized carbons (Fsp3) is 1.00. The molecule has 2 heteroatoms. The molecule has 1 saturated heterocycles. The molecule has 0 unspecified atom stereocenters. The van der Waals surface area contributed by atoms with Gasteiger partial charge in [-0.15, -0.1) is 0 Å². The minimum absolute atomic E-state index is 0.384. The van der Waals surface area contributed by atoms with Crippen molar-refractivity contribution in [3.05, 3.63) is 0 Å². The number of rotatable bonds is 0. The second-order valence-electron chi connectivity index (χ2n) is 2.76. The quantitative estimate of drug-likeness (QED) is 0.490. The van der Waals surface area contributed by atoms with Gasteiger partial charge in [0.2, 0.25) is 0 Å². The Morgan fingerprint density at radius 3 is 2.88 bits per heavy atom. The lowest BCUT2D eigenvalue weighted by atomic mass is 9.79. The third kappa shape index (κ3) is 0.440. The van der Waals surface area contributed by atoms with Crippen LogP contribution < -0.4 is 5.32 Å². The van der Waals surface area contributed by atoms with E-state index < -0.39 is 6.17 Å². The normalized spacial score (nSPS) is 52.9. The summed E-state index contributed by atoms with van der Waals surface area (Å²) in [6, 6.07) is 0.546. The highest BCUT2D eigenvalue weighted by molar-refractivity contribution is 4.98. The summed E-state index contributed by atoms with van der Waals surface area (Å²) < 4.78 is 12.4. The van der Waals surface area contributed by atoms with E-state index in [1.807, 2.05) is 0 Å². The highest BCUT2D eigenvalue weighted by atomic mass is 19.1. The van der Waals surface area contributed by atoms with Crippen molar-refractivity contribution in [3.8, 4) is 0 Å². The molecule has 8 heavy (non-hydrogen) atoms. The monoisotopic (exact) mass is 115 g/mol. The van der Waals surface area contributed by atoms with Gasteiger partial charge in [0.25, 0.3) is 0 Å². The van der Waals surface area contributed by atoms with E-state index >= 15 is 0 Å². The molecule has 0 aromatic heterocycles. The molecule has 2 rings (SSSR count). The molecule has 1 saturated carbocycles. The molecule has 0 amide bonds. The molecule has 0 bridgehead atoms. The van der Waals surface area contributed by atoms with Crippen LogP contribution in [-0.2, 0) is 0 Å². The fourth-order valence-electron chi connectivity index (χ4n) is 1.70. The van der Waals surface area contributed by atoms with Gasteiger partial charge in [0.1, 0.15) is 6.17 Å². The van der Waals surface area contributed by atoms with Crippen molar-refractivity contribution in [2.24, 2.45) is 5.92 Å². The summed E-state index contributed by atoms with van der Waals surface area (Å²) in [5, 5.41) is 3.25. The van der Waals surface area contributed by atoms with E-state index in [0.717, 1.165) is 19.4 Å². The summed E-state index contributed by atoms with van der Waals surface area (Å²) in [6.07, 6.45) is 1.35. The van der Waals surface area contributed by atoms with E-state index in [1.165, 1.54) is 0 Å². The van der Waals surface area contributed by atoms with Crippen LogP contribution >= 0.6 is 0 Å². The lowest BCUT2D eigenvalue weighted by Crippen LogP contribution is -2.44. The first-order valence-electron chi connectivity index (χ1n) is 3.25. The number of nitrogens with one attached hydrogen (secondary N) is 1. The van der Waals surface area contributed by atoms with E-state index in [9.17, 15) is 4.39 Å². The molecule has 0 aromatic carbocycles. The Hall–Kier alpha value is -0.110. The summed E-state index contributed by atoms with van der Waals surface area (Å²) in [6.45, 7) is 1.04. The van der Waals surface area contributed by atoms with Gasteiger partial charge in [0.05, 0.1) is 0 Å². The van der Waals surface area contributed by atoms with Crippen LogP contribution in [0.25, 0.3) is 0 Å². The minimum Gasteiger partial charge on any atom is -0.313 e. The Morgan fingerprint density at radius 1 is 1.50 bits per heavy atom. The highest BCUT2D eigenvalue weighted by Crippen LogP contribution is 2.36. The molecule has 2 fully saturated rings. The molecule has 3 atom stereocenters. The van der Waals surface area contributed by atoms with Crippen molar-refractivity contribution in [2.75, 3.05) is 6.54 Å². The highest BCUT2D eigenvalue weighted by Gasteiger charge is 2.43. The van der Waals surface area contributed by atoms with E-state index in [4.69, 9.17) is 0 Å².